The fourth-order valence-corrected chi connectivity index (χ4v) is 6.14. The maximum Gasteiger partial charge on any atom is 0.239 e. The number of hydrogen-bond donors (Lipinski definition) is 12. The minimum atomic E-state index is -2.01. The van der Waals surface area contributed by atoms with Crippen molar-refractivity contribution in [2.75, 3.05) is 13.2 Å². The van der Waals surface area contributed by atoms with Gasteiger partial charge in [0.15, 0.2) is 12.1 Å². The molecule has 15 unspecified atom stereocenters. The van der Waals surface area contributed by atoms with Crippen LogP contribution in [-0.4, -0.2) is 167 Å². The Bertz CT molecular complexity index is 1780. The van der Waals surface area contributed by atoms with E-state index in [0.717, 1.165) is 12.1 Å². The molecule has 2 aromatic carbocycles. The minimum absolute atomic E-state index is 0.118. The fraction of sp³-hybridized carbons (Fsp3) is 0.545. The SMILES string of the molecule is CC1OC(Oc2cc(O)c3c(=O)c(OC4OC(COC5OC(CO)C(O)C(O)C5O)C(O)C(O)C4O)c(-c4ccc(O)cc4)oc3c2)C(O)C(O)C1O. The van der Waals surface area contributed by atoms with Gasteiger partial charge in [-0.15, -0.1) is 0 Å². The number of aliphatic hydroxyl groups is 10. The number of hydrogen-bond acceptors (Lipinski definition) is 20. The summed E-state index contributed by atoms with van der Waals surface area (Å²) in [6.07, 6.45) is -24.8. The number of benzene rings is 2. The summed E-state index contributed by atoms with van der Waals surface area (Å²) >= 11 is 0. The molecule has 6 rings (SSSR count). The highest BCUT2D eigenvalue weighted by Gasteiger charge is 2.48. The lowest BCUT2D eigenvalue weighted by molar-refractivity contribution is -0.323. The van der Waals surface area contributed by atoms with Crippen LogP contribution >= 0.6 is 0 Å². The van der Waals surface area contributed by atoms with E-state index in [9.17, 15) is 66.1 Å². The van der Waals surface area contributed by atoms with Gasteiger partial charge in [-0.2, -0.15) is 0 Å². The molecule has 0 aliphatic carbocycles. The van der Waals surface area contributed by atoms with E-state index in [-0.39, 0.29) is 28.4 Å². The molecule has 0 bridgehead atoms. The Hall–Kier alpha value is -3.71. The van der Waals surface area contributed by atoms with E-state index in [4.69, 9.17) is 32.8 Å². The third-order valence-corrected chi connectivity index (χ3v) is 9.27. The van der Waals surface area contributed by atoms with Crippen molar-refractivity contribution in [2.45, 2.75) is 99.0 Å². The van der Waals surface area contributed by atoms with E-state index in [1.807, 2.05) is 0 Å². The van der Waals surface area contributed by atoms with Crippen LogP contribution in [0.25, 0.3) is 22.3 Å². The van der Waals surface area contributed by atoms with Crippen LogP contribution in [0.2, 0.25) is 0 Å². The van der Waals surface area contributed by atoms with Crippen molar-refractivity contribution in [3.8, 4) is 34.3 Å². The summed E-state index contributed by atoms with van der Waals surface area (Å²) in [5.74, 6) is -2.10. The number of phenolic OH excluding ortho intramolecular Hbond substituents is 2. The number of aromatic hydroxyl groups is 2. The van der Waals surface area contributed by atoms with Crippen molar-refractivity contribution in [1.82, 2.24) is 0 Å². The van der Waals surface area contributed by atoms with Gasteiger partial charge in [0.05, 0.1) is 19.3 Å². The molecule has 1 aromatic heterocycles. The van der Waals surface area contributed by atoms with Gasteiger partial charge in [0.2, 0.25) is 23.8 Å². The van der Waals surface area contributed by atoms with Crippen molar-refractivity contribution in [1.29, 1.82) is 0 Å². The molecule has 4 heterocycles. The Morgan fingerprint density at radius 2 is 1.23 bits per heavy atom. The molecule has 3 aliphatic rings. The lowest BCUT2D eigenvalue weighted by Gasteiger charge is -2.42. The molecule has 0 spiro atoms. The van der Waals surface area contributed by atoms with Crippen molar-refractivity contribution < 1.29 is 94.1 Å². The van der Waals surface area contributed by atoms with Gasteiger partial charge in [0.1, 0.15) is 95.4 Å². The van der Waals surface area contributed by atoms with Crippen LogP contribution in [0.4, 0.5) is 0 Å². The molecule has 12 N–H and O–H groups in total. The summed E-state index contributed by atoms with van der Waals surface area (Å²) in [5, 5.41) is 123. The fourth-order valence-electron chi connectivity index (χ4n) is 6.14. The highest BCUT2D eigenvalue weighted by molar-refractivity contribution is 5.88. The highest BCUT2D eigenvalue weighted by Crippen LogP contribution is 2.38. The average molecular weight is 757 g/mol. The third-order valence-electron chi connectivity index (χ3n) is 9.27. The normalized spacial score (nSPS) is 37.8. The second kappa shape index (κ2) is 15.6. The zero-order valence-electron chi connectivity index (χ0n) is 27.7. The monoisotopic (exact) mass is 756 g/mol. The molecule has 3 fully saturated rings. The minimum Gasteiger partial charge on any atom is -0.508 e. The van der Waals surface area contributed by atoms with Crippen LogP contribution in [0.5, 0.6) is 23.0 Å². The molecule has 0 amide bonds. The number of fused-ring (bicyclic) bond motifs is 1. The molecule has 20 nitrogen and oxygen atoms in total. The first kappa shape index (κ1) is 39.0. The molecule has 15 atom stereocenters. The number of aliphatic hydroxyl groups excluding tert-OH is 10. The Morgan fingerprint density at radius 1 is 0.660 bits per heavy atom. The average Bonchev–Trinajstić information content (AvgIpc) is 3.13. The van der Waals surface area contributed by atoms with Gasteiger partial charge in [-0.25, -0.2) is 0 Å². The van der Waals surface area contributed by atoms with E-state index in [2.05, 4.69) is 0 Å². The standard InChI is InChI=1S/C33H40O20/c1-10-19(37)23(41)27(45)32(48-10)49-13-6-14(36)18-15(7-13)50-29(11-2-4-12(35)5-3-11)30(22(18)40)53-33-28(46)25(43)21(39)17(52-33)9-47-31-26(44)24(42)20(38)16(8-34)51-31/h2-7,10,16-17,19-21,23-28,31-39,41-46H,8-9H2,1H3. The molecule has 20 heteroatoms. The second-order valence-electron chi connectivity index (χ2n) is 12.9. The van der Waals surface area contributed by atoms with Crippen LogP contribution in [0.15, 0.2) is 45.6 Å². The topological polar surface area (TPSA) is 328 Å². The van der Waals surface area contributed by atoms with E-state index >= 15 is 0 Å². The largest absolute Gasteiger partial charge is 0.508 e. The molecular weight excluding hydrogens is 716 g/mol. The maximum absolute atomic E-state index is 14.0. The zero-order chi connectivity index (χ0) is 38.5. The lowest BCUT2D eigenvalue weighted by Crippen LogP contribution is -2.62. The van der Waals surface area contributed by atoms with E-state index in [1.165, 1.54) is 31.2 Å². The van der Waals surface area contributed by atoms with Gasteiger partial charge in [-0.05, 0) is 31.2 Å². The van der Waals surface area contributed by atoms with Gasteiger partial charge < -0.3 is 94.1 Å². The van der Waals surface area contributed by atoms with Crippen molar-refractivity contribution >= 4 is 11.0 Å². The molecule has 3 aliphatic heterocycles. The van der Waals surface area contributed by atoms with Gasteiger partial charge in [0.25, 0.3) is 0 Å². The molecule has 53 heavy (non-hydrogen) atoms. The number of rotatable bonds is 9. The lowest BCUT2D eigenvalue weighted by atomic mass is 9.98. The van der Waals surface area contributed by atoms with Gasteiger partial charge >= 0.3 is 0 Å². The summed E-state index contributed by atoms with van der Waals surface area (Å²) in [6, 6.07) is 7.30. The first-order valence-corrected chi connectivity index (χ1v) is 16.4. The number of phenols is 2. The summed E-state index contributed by atoms with van der Waals surface area (Å²) in [7, 11) is 0. The summed E-state index contributed by atoms with van der Waals surface area (Å²) in [5.41, 5.74) is -1.22. The zero-order valence-corrected chi connectivity index (χ0v) is 27.7. The van der Waals surface area contributed by atoms with Crippen LogP contribution in [0.1, 0.15) is 6.92 Å². The molecule has 0 saturated carbocycles. The number of ether oxygens (including phenoxy) is 6. The van der Waals surface area contributed by atoms with Crippen molar-refractivity contribution in [3.63, 3.8) is 0 Å². The quantitative estimate of drug-likeness (QED) is 0.0992. The second-order valence-corrected chi connectivity index (χ2v) is 12.9. The van der Waals surface area contributed by atoms with Crippen molar-refractivity contribution in [2.24, 2.45) is 0 Å². The summed E-state index contributed by atoms with van der Waals surface area (Å²) < 4.78 is 39.3. The van der Waals surface area contributed by atoms with E-state index in [0.29, 0.717) is 0 Å². The molecule has 3 aromatic rings. The van der Waals surface area contributed by atoms with Gasteiger partial charge in [0, 0.05) is 17.7 Å². The van der Waals surface area contributed by atoms with Crippen LogP contribution in [0, 0.1) is 0 Å². The Kier molecular flexibility index (Phi) is 11.5. The Morgan fingerprint density at radius 3 is 1.87 bits per heavy atom. The van der Waals surface area contributed by atoms with Crippen molar-refractivity contribution in [3.05, 3.63) is 46.6 Å². The van der Waals surface area contributed by atoms with Gasteiger partial charge in [-0.1, -0.05) is 0 Å². The van der Waals surface area contributed by atoms with E-state index in [1.54, 1.807) is 0 Å². The molecule has 292 valence electrons. The first-order chi connectivity index (χ1) is 25.1. The van der Waals surface area contributed by atoms with Crippen LogP contribution in [0.3, 0.4) is 0 Å². The highest BCUT2D eigenvalue weighted by atomic mass is 16.7. The summed E-state index contributed by atoms with van der Waals surface area (Å²) in [4.78, 5) is 14.0. The van der Waals surface area contributed by atoms with E-state index < -0.39 is 128 Å². The molecule has 0 radical (unpaired) electrons. The summed E-state index contributed by atoms with van der Waals surface area (Å²) in [6.45, 7) is -0.00876. The molecule has 3 saturated heterocycles. The predicted molar refractivity (Wildman–Crippen MR) is 171 cm³/mol. The first-order valence-electron chi connectivity index (χ1n) is 16.4. The van der Waals surface area contributed by atoms with Crippen LogP contribution in [-0.2, 0) is 18.9 Å². The molecular formula is C33H40O20. The smallest absolute Gasteiger partial charge is 0.239 e. The van der Waals surface area contributed by atoms with Gasteiger partial charge in [-0.3, -0.25) is 4.79 Å². The Labute approximate surface area is 298 Å². The Balaban J connectivity index is 1.31. The predicted octanol–water partition coefficient (Wildman–Crippen LogP) is -3.92. The third kappa shape index (κ3) is 7.52. The maximum atomic E-state index is 14.0. The van der Waals surface area contributed by atoms with Crippen LogP contribution < -0.4 is 14.9 Å².